The molecule has 1 atom stereocenters. The molecule has 8 nitrogen and oxygen atoms in total. The molecule has 6 N–H and O–H groups in total. The average molecular weight is 414 g/mol. The molecular formula is C23H22N6O2. The van der Waals surface area contributed by atoms with Crippen molar-refractivity contribution in [1.29, 1.82) is 0 Å². The Morgan fingerprint density at radius 3 is 2.58 bits per heavy atom. The van der Waals surface area contributed by atoms with Crippen LogP contribution in [0, 0.1) is 0 Å². The molecule has 0 aliphatic carbocycles. The SMILES string of the molecule is NC(=O)[C@H](CCc1cccc(N)c1)NC(=O)c1cccc2[nH]c(-c3ccncc3)nc12. The summed E-state index contributed by atoms with van der Waals surface area (Å²) in [6.07, 6.45) is 4.27. The van der Waals surface area contributed by atoms with E-state index < -0.39 is 17.9 Å². The summed E-state index contributed by atoms with van der Waals surface area (Å²) in [6.45, 7) is 0. The van der Waals surface area contributed by atoms with E-state index in [1.54, 1.807) is 30.6 Å². The number of anilines is 1. The maximum absolute atomic E-state index is 13.0. The molecule has 0 bridgehead atoms. The van der Waals surface area contributed by atoms with Crippen LogP contribution in [0.3, 0.4) is 0 Å². The smallest absolute Gasteiger partial charge is 0.254 e. The van der Waals surface area contributed by atoms with Crippen molar-refractivity contribution in [2.24, 2.45) is 5.73 Å². The fourth-order valence-corrected chi connectivity index (χ4v) is 3.44. The Balaban J connectivity index is 1.54. The third-order valence-electron chi connectivity index (χ3n) is 5.03. The van der Waals surface area contributed by atoms with Gasteiger partial charge in [0.25, 0.3) is 5.91 Å². The number of nitrogen functional groups attached to an aromatic ring is 1. The number of primary amides is 1. The summed E-state index contributed by atoms with van der Waals surface area (Å²) in [4.78, 5) is 36.7. The Kier molecular flexibility index (Phi) is 5.61. The first kappa shape index (κ1) is 20.1. The molecular weight excluding hydrogens is 392 g/mol. The van der Waals surface area contributed by atoms with E-state index in [1.165, 1.54) is 0 Å². The third kappa shape index (κ3) is 4.53. The summed E-state index contributed by atoms with van der Waals surface area (Å²) in [5.74, 6) is -0.371. The van der Waals surface area contributed by atoms with E-state index in [4.69, 9.17) is 11.5 Å². The highest BCUT2D eigenvalue weighted by Gasteiger charge is 2.21. The number of pyridine rings is 1. The molecule has 4 aromatic rings. The zero-order chi connectivity index (χ0) is 21.8. The van der Waals surface area contributed by atoms with Gasteiger partial charge in [0, 0.05) is 23.6 Å². The molecule has 0 aliphatic rings. The second-order valence-electron chi connectivity index (χ2n) is 7.24. The molecule has 0 radical (unpaired) electrons. The highest BCUT2D eigenvalue weighted by molar-refractivity contribution is 6.06. The molecule has 2 amide bonds. The van der Waals surface area contributed by atoms with Crippen LogP contribution < -0.4 is 16.8 Å². The number of fused-ring (bicyclic) bond motifs is 1. The Morgan fingerprint density at radius 1 is 1.06 bits per heavy atom. The van der Waals surface area contributed by atoms with Gasteiger partial charge >= 0.3 is 0 Å². The number of nitrogens with two attached hydrogens (primary N) is 2. The van der Waals surface area contributed by atoms with Crippen LogP contribution in [-0.2, 0) is 11.2 Å². The minimum Gasteiger partial charge on any atom is -0.399 e. The van der Waals surface area contributed by atoms with E-state index in [0.717, 1.165) is 16.6 Å². The molecule has 4 rings (SSSR count). The van der Waals surface area contributed by atoms with E-state index in [1.807, 2.05) is 36.4 Å². The van der Waals surface area contributed by atoms with E-state index in [2.05, 4.69) is 20.3 Å². The molecule has 2 aromatic heterocycles. The van der Waals surface area contributed by atoms with Crippen molar-refractivity contribution in [3.8, 4) is 11.4 Å². The first-order valence-corrected chi connectivity index (χ1v) is 9.85. The molecule has 2 heterocycles. The highest BCUT2D eigenvalue weighted by atomic mass is 16.2. The van der Waals surface area contributed by atoms with E-state index >= 15 is 0 Å². The number of aromatic nitrogens is 3. The number of carbonyl (C=O) groups is 2. The minimum atomic E-state index is -0.817. The number of H-pyrrole nitrogens is 1. The maximum atomic E-state index is 13.0. The molecule has 2 aromatic carbocycles. The van der Waals surface area contributed by atoms with Crippen molar-refractivity contribution in [2.75, 3.05) is 5.73 Å². The lowest BCUT2D eigenvalue weighted by Gasteiger charge is -2.16. The number of aromatic amines is 1. The number of imidazole rings is 1. The Labute approximate surface area is 178 Å². The van der Waals surface area contributed by atoms with Crippen LogP contribution in [0.1, 0.15) is 22.3 Å². The van der Waals surface area contributed by atoms with E-state index in [0.29, 0.717) is 35.4 Å². The number of amides is 2. The minimum absolute atomic E-state index is 0.364. The van der Waals surface area contributed by atoms with Gasteiger partial charge in [0.2, 0.25) is 5.91 Å². The lowest BCUT2D eigenvalue weighted by atomic mass is 10.0. The van der Waals surface area contributed by atoms with Crippen LogP contribution in [-0.4, -0.2) is 32.8 Å². The molecule has 8 heteroatoms. The second kappa shape index (κ2) is 8.66. The molecule has 156 valence electrons. The fourth-order valence-electron chi connectivity index (χ4n) is 3.44. The maximum Gasteiger partial charge on any atom is 0.254 e. The van der Waals surface area contributed by atoms with Crippen LogP contribution in [0.5, 0.6) is 0 Å². The van der Waals surface area contributed by atoms with Gasteiger partial charge in [-0.1, -0.05) is 18.2 Å². The zero-order valence-corrected chi connectivity index (χ0v) is 16.7. The standard InChI is InChI=1S/C23H22N6O2/c24-16-4-1-3-14(13-16)7-8-19(21(25)30)28-23(31)17-5-2-6-18-20(17)29-22(27-18)15-9-11-26-12-10-15/h1-6,9-13,19H,7-8,24H2,(H2,25,30)(H,27,29)(H,28,31)/t19-/m0/s1. The van der Waals surface area contributed by atoms with Gasteiger partial charge in [0.05, 0.1) is 11.1 Å². The van der Waals surface area contributed by atoms with Crippen LogP contribution >= 0.6 is 0 Å². The predicted octanol–water partition coefficient (Wildman–Crippen LogP) is 2.42. The van der Waals surface area contributed by atoms with Crippen molar-refractivity contribution in [2.45, 2.75) is 18.9 Å². The van der Waals surface area contributed by atoms with Crippen LogP contribution in [0.15, 0.2) is 67.0 Å². The Hall–Kier alpha value is -4.20. The predicted molar refractivity (Wildman–Crippen MR) is 119 cm³/mol. The Morgan fingerprint density at radius 2 is 1.84 bits per heavy atom. The number of rotatable bonds is 7. The summed E-state index contributed by atoms with van der Waals surface area (Å²) in [5.41, 5.74) is 15.4. The number of nitrogens with one attached hydrogen (secondary N) is 2. The summed E-state index contributed by atoms with van der Waals surface area (Å²) < 4.78 is 0. The van der Waals surface area contributed by atoms with Gasteiger partial charge in [-0.15, -0.1) is 0 Å². The van der Waals surface area contributed by atoms with Crippen LogP contribution in [0.25, 0.3) is 22.4 Å². The number of aryl methyl sites for hydroxylation is 1. The normalized spacial score (nSPS) is 11.9. The number of benzene rings is 2. The Bertz CT molecular complexity index is 1240. The van der Waals surface area contributed by atoms with Gasteiger partial charge in [-0.2, -0.15) is 0 Å². The van der Waals surface area contributed by atoms with Crippen molar-refractivity contribution in [3.63, 3.8) is 0 Å². The molecule has 0 spiro atoms. The molecule has 31 heavy (non-hydrogen) atoms. The summed E-state index contributed by atoms with van der Waals surface area (Å²) >= 11 is 0. The largest absolute Gasteiger partial charge is 0.399 e. The number of hydrogen-bond acceptors (Lipinski definition) is 5. The fraction of sp³-hybridized carbons (Fsp3) is 0.130. The summed E-state index contributed by atoms with van der Waals surface area (Å²) in [6, 6.07) is 15.5. The zero-order valence-electron chi connectivity index (χ0n) is 16.7. The van der Waals surface area contributed by atoms with Gasteiger partial charge in [-0.3, -0.25) is 14.6 Å². The summed E-state index contributed by atoms with van der Waals surface area (Å²) in [7, 11) is 0. The van der Waals surface area contributed by atoms with Gasteiger partial charge in [0.15, 0.2) is 0 Å². The van der Waals surface area contributed by atoms with Gasteiger partial charge in [-0.25, -0.2) is 4.98 Å². The summed E-state index contributed by atoms with van der Waals surface area (Å²) in [5, 5.41) is 2.75. The number of hydrogen-bond donors (Lipinski definition) is 4. The van der Waals surface area contributed by atoms with Gasteiger partial charge in [-0.05, 0) is 54.8 Å². The molecule has 0 saturated carbocycles. The van der Waals surface area contributed by atoms with E-state index in [9.17, 15) is 9.59 Å². The van der Waals surface area contributed by atoms with Crippen molar-refractivity contribution >= 4 is 28.5 Å². The molecule has 0 fully saturated rings. The quantitative estimate of drug-likeness (QED) is 0.344. The molecule has 0 aliphatic heterocycles. The average Bonchev–Trinajstić information content (AvgIpc) is 3.21. The first-order valence-electron chi connectivity index (χ1n) is 9.85. The topological polar surface area (TPSA) is 140 Å². The number of carbonyl (C=O) groups excluding carboxylic acids is 2. The number of nitrogens with zero attached hydrogens (tertiary/aromatic N) is 2. The lowest BCUT2D eigenvalue weighted by molar-refractivity contribution is -0.120. The monoisotopic (exact) mass is 414 g/mol. The van der Waals surface area contributed by atoms with Crippen molar-refractivity contribution in [3.05, 3.63) is 78.1 Å². The van der Waals surface area contributed by atoms with Crippen molar-refractivity contribution in [1.82, 2.24) is 20.3 Å². The third-order valence-corrected chi connectivity index (χ3v) is 5.03. The van der Waals surface area contributed by atoms with Crippen LogP contribution in [0.2, 0.25) is 0 Å². The lowest BCUT2D eigenvalue weighted by Crippen LogP contribution is -2.44. The molecule has 0 saturated heterocycles. The van der Waals surface area contributed by atoms with Crippen molar-refractivity contribution < 1.29 is 9.59 Å². The molecule has 0 unspecified atom stereocenters. The van der Waals surface area contributed by atoms with E-state index in [-0.39, 0.29) is 0 Å². The van der Waals surface area contributed by atoms with Gasteiger partial charge < -0.3 is 21.8 Å². The second-order valence-corrected chi connectivity index (χ2v) is 7.24. The highest BCUT2D eigenvalue weighted by Crippen LogP contribution is 2.22. The first-order chi connectivity index (χ1) is 15.0. The number of para-hydroxylation sites is 1. The van der Waals surface area contributed by atoms with Crippen LogP contribution in [0.4, 0.5) is 5.69 Å². The van der Waals surface area contributed by atoms with Gasteiger partial charge in [0.1, 0.15) is 17.4 Å².